The van der Waals surface area contributed by atoms with Gasteiger partial charge in [-0.2, -0.15) is 0 Å². The highest BCUT2D eigenvalue weighted by Gasteiger charge is 2.04. The molecule has 0 saturated heterocycles. The second kappa shape index (κ2) is 8.27. The van der Waals surface area contributed by atoms with Gasteiger partial charge < -0.3 is 18.8 Å². The van der Waals surface area contributed by atoms with Crippen molar-refractivity contribution in [3.05, 3.63) is 35.5 Å². The van der Waals surface area contributed by atoms with Crippen LogP contribution in [0.3, 0.4) is 0 Å². The first-order chi connectivity index (χ1) is 9.83. The minimum Gasteiger partial charge on any atom is -0.382 e. The number of rotatable bonds is 9. The lowest BCUT2D eigenvalue weighted by Gasteiger charge is -2.08. The van der Waals surface area contributed by atoms with Crippen LogP contribution in [0.15, 0.2) is 30.5 Å². The van der Waals surface area contributed by atoms with Crippen molar-refractivity contribution in [2.45, 2.75) is 6.54 Å². The number of halogens is 1. The molecule has 0 aliphatic heterocycles. The lowest BCUT2D eigenvalue weighted by molar-refractivity contribution is 0.0232. The number of benzene rings is 1. The van der Waals surface area contributed by atoms with E-state index < -0.39 is 0 Å². The van der Waals surface area contributed by atoms with Crippen LogP contribution >= 0.6 is 11.6 Å². The van der Waals surface area contributed by atoms with Gasteiger partial charge in [-0.1, -0.05) is 23.7 Å². The average Bonchev–Trinajstić information content (AvgIpc) is 2.86. The summed E-state index contributed by atoms with van der Waals surface area (Å²) in [6.07, 6.45) is 2.04. The standard InChI is InChI=1S/C15H20ClNO3/c1-18-9-10-20-12-11-19-8-7-17-6-5-13-3-2-4-14(16)15(13)17/h2-6H,7-12H2,1H3. The molecule has 0 N–H and O–H groups in total. The molecule has 0 unspecified atom stereocenters. The average molecular weight is 298 g/mol. The number of hydrogen-bond donors (Lipinski definition) is 0. The molecule has 5 heteroatoms. The van der Waals surface area contributed by atoms with Gasteiger partial charge in [0.15, 0.2) is 0 Å². The van der Waals surface area contributed by atoms with Gasteiger partial charge in [0, 0.05) is 25.2 Å². The third-order valence-electron chi connectivity index (χ3n) is 3.02. The van der Waals surface area contributed by atoms with E-state index in [9.17, 15) is 0 Å². The first kappa shape index (κ1) is 15.3. The predicted octanol–water partition coefficient (Wildman–Crippen LogP) is 2.97. The zero-order valence-electron chi connectivity index (χ0n) is 11.7. The van der Waals surface area contributed by atoms with Crippen molar-refractivity contribution in [2.24, 2.45) is 0 Å². The van der Waals surface area contributed by atoms with E-state index >= 15 is 0 Å². The van der Waals surface area contributed by atoms with E-state index in [1.807, 2.05) is 18.3 Å². The highest BCUT2D eigenvalue weighted by atomic mass is 35.5. The molecule has 0 saturated carbocycles. The van der Waals surface area contributed by atoms with Crippen LogP contribution in [0.4, 0.5) is 0 Å². The molecule has 1 heterocycles. The smallest absolute Gasteiger partial charge is 0.0701 e. The molecule has 0 amide bonds. The molecule has 0 bridgehead atoms. The number of fused-ring (bicyclic) bond motifs is 1. The van der Waals surface area contributed by atoms with Crippen LogP contribution in [0.1, 0.15) is 0 Å². The van der Waals surface area contributed by atoms with Crippen molar-refractivity contribution in [2.75, 3.05) is 40.1 Å². The first-order valence-electron chi connectivity index (χ1n) is 6.70. The van der Waals surface area contributed by atoms with Gasteiger partial charge in [0.1, 0.15) is 0 Å². The summed E-state index contributed by atoms with van der Waals surface area (Å²) in [5.41, 5.74) is 1.06. The van der Waals surface area contributed by atoms with Crippen molar-refractivity contribution >= 4 is 22.5 Å². The topological polar surface area (TPSA) is 32.6 Å². The molecule has 20 heavy (non-hydrogen) atoms. The Bertz CT molecular complexity index is 527. The summed E-state index contributed by atoms with van der Waals surface area (Å²) in [6.45, 7) is 3.84. The predicted molar refractivity (Wildman–Crippen MR) is 80.5 cm³/mol. The Balaban J connectivity index is 1.71. The second-order valence-electron chi connectivity index (χ2n) is 4.40. The molecule has 0 atom stereocenters. The van der Waals surface area contributed by atoms with Crippen LogP contribution in [0.5, 0.6) is 0 Å². The maximum Gasteiger partial charge on any atom is 0.0701 e. The van der Waals surface area contributed by atoms with E-state index in [1.165, 1.54) is 0 Å². The van der Waals surface area contributed by atoms with Crippen LogP contribution in [0.25, 0.3) is 10.9 Å². The second-order valence-corrected chi connectivity index (χ2v) is 4.81. The van der Waals surface area contributed by atoms with Crippen molar-refractivity contribution < 1.29 is 14.2 Å². The Morgan fingerprint density at radius 2 is 1.75 bits per heavy atom. The minimum atomic E-state index is 0.594. The molecule has 1 aromatic carbocycles. The summed E-state index contributed by atoms with van der Waals surface area (Å²) in [6, 6.07) is 7.99. The molecule has 0 radical (unpaired) electrons. The molecule has 4 nitrogen and oxygen atoms in total. The number of nitrogens with zero attached hydrogens (tertiary/aromatic N) is 1. The molecule has 110 valence electrons. The quantitative estimate of drug-likeness (QED) is 0.667. The number of para-hydroxylation sites is 1. The number of ether oxygens (including phenoxy) is 3. The summed E-state index contributed by atoms with van der Waals surface area (Å²) in [5, 5.41) is 1.93. The summed E-state index contributed by atoms with van der Waals surface area (Å²) in [5.74, 6) is 0. The largest absolute Gasteiger partial charge is 0.382 e. The highest BCUT2D eigenvalue weighted by molar-refractivity contribution is 6.35. The monoisotopic (exact) mass is 297 g/mol. The van der Waals surface area contributed by atoms with E-state index in [1.54, 1.807) is 7.11 Å². The zero-order valence-corrected chi connectivity index (χ0v) is 12.4. The molecule has 2 rings (SSSR count). The van der Waals surface area contributed by atoms with Gasteiger partial charge in [-0.3, -0.25) is 0 Å². The number of hydrogen-bond acceptors (Lipinski definition) is 3. The lowest BCUT2D eigenvalue weighted by Crippen LogP contribution is -2.11. The zero-order chi connectivity index (χ0) is 14.2. The van der Waals surface area contributed by atoms with E-state index in [4.69, 9.17) is 25.8 Å². The summed E-state index contributed by atoms with van der Waals surface area (Å²) < 4.78 is 17.9. The SMILES string of the molecule is COCCOCCOCCn1ccc2cccc(Cl)c21. The van der Waals surface area contributed by atoms with E-state index in [0.29, 0.717) is 33.0 Å². The van der Waals surface area contributed by atoms with Gasteiger partial charge in [-0.25, -0.2) is 0 Å². The highest BCUT2D eigenvalue weighted by Crippen LogP contribution is 2.24. The maximum absolute atomic E-state index is 6.22. The normalized spacial score (nSPS) is 11.3. The van der Waals surface area contributed by atoms with Gasteiger partial charge in [-0.15, -0.1) is 0 Å². The Morgan fingerprint density at radius 1 is 1.00 bits per heavy atom. The van der Waals surface area contributed by atoms with Gasteiger partial charge in [0.2, 0.25) is 0 Å². The van der Waals surface area contributed by atoms with Crippen LogP contribution < -0.4 is 0 Å². The van der Waals surface area contributed by atoms with Crippen LogP contribution in [-0.4, -0.2) is 44.7 Å². The minimum absolute atomic E-state index is 0.594. The Hall–Kier alpha value is -1.07. The van der Waals surface area contributed by atoms with Crippen molar-refractivity contribution in [3.63, 3.8) is 0 Å². The Kier molecular flexibility index (Phi) is 6.33. The molecular weight excluding hydrogens is 278 g/mol. The fourth-order valence-electron chi connectivity index (χ4n) is 2.03. The van der Waals surface area contributed by atoms with Crippen molar-refractivity contribution in [3.8, 4) is 0 Å². The molecule has 0 spiro atoms. The summed E-state index contributed by atoms with van der Waals surface area (Å²) in [4.78, 5) is 0. The molecule has 0 aliphatic carbocycles. The van der Waals surface area contributed by atoms with Gasteiger partial charge >= 0.3 is 0 Å². The third-order valence-corrected chi connectivity index (χ3v) is 3.32. The summed E-state index contributed by atoms with van der Waals surface area (Å²) in [7, 11) is 1.66. The van der Waals surface area contributed by atoms with E-state index in [2.05, 4.69) is 16.7 Å². The maximum atomic E-state index is 6.22. The fraction of sp³-hybridized carbons (Fsp3) is 0.467. The van der Waals surface area contributed by atoms with E-state index in [-0.39, 0.29) is 0 Å². The van der Waals surface area contributed by atoms with Gasteiger partial charge in [-0.05, 0) is 12.1 Å². The number of methoxy groups -OCH3 is 1. The molecule has 0 aliphatic rings. The van der Waals surface area contributed by atoms with Crippen LogP contribution in [0, 0.1) is 0 Å². The van der Waals surface area contributed by atoms with Crippen molar-refractivity contribution in [1.82, 2.24) is 4.57 Å². The Morgan fingerprint density at radius 3 is 2.55 bits per heavy atom. The van der Waals surface area contributed by atoms with Gasteiger partial charge in [0.05, 0.1) is 43.6 Å². The van der Waals surface area contributed by atoms with Crippen molar-refractivity contribution in [1.29, 1.82) is 0 Å². The van der Waals surface area contributed by atoms with Gasteiger partial charge in [0.25, 0.3) is 0 Å². The third kappa shape index (κ3) is 4.21. The number of aromatic nitrogens is 1. The van der Waals surface area contributed by atoms with Crippen LogP contribution in [0.2, 0.25) is 5.02 Å². The van der Waals surface area contributed by atoms with E-state index in [0.717, 1.165) is 22.5 Å². The molecule has 2 aromatic rings. The Labute approximate surface area is 124 Å². The molecular formula is C15H20ClNO3. The molecule has 1 aromatic heterocycles. The summed E-state index contributed by atoms with van der Waals surface area (Å²) >= 11 is 6.22. The molecule has 0 fully saturated rings. The fourth-order valence-corrected chi connectivity index (χ4v) is 2.32. The lowest BCUT2D eigenvalue weighted by atomic mass is 10.2. The van der Waals surface area contributed by atoms with Crippen LogP contribution in [-0.2, 0) is 20.8 Å². The first-order valence-corrected chi connectivity index (χ1v) is 7.08.